The van der Waals surface area contributed by atoms with Crippen molar-refractivity contribution in [2.45, 2.75) is 18.4 Å². The van der Waals surface area contributed by atoms with Crippen molar-refractivity contribution in [3.8, 4) is 0 Å². The molecule has 2 aliphatic rings. The van der Waals surface area contributed by atoms with Crippen molar-refractivity contribution in [1.29, 1.82) is 0 Å². The molecule has 2 saturated heterocycles. The molecule has 8 heteroatoms. The Morgan fingerprint density at radius 2 is 1.84 bits per heavy atom. The zero-order valence-corrected chi connectivity index (χ0v) is 14.9. The van der Waals surface area contributed by atoms with Gasteiger partial charge in [0, 0.05) is 25.3 Å². The molecular formula is C17H24N2O5S. The SMILES string of the molecule is O=C(c1ccccc1N1CCS(=O)(=O)CC1)N1CCC[C@](O)(CO)C1. The predicted molar refractivity (Wildman–Crippen MR) is 94.5 cm³/mol. The number of para-hydroxylation sites is 1. The maximum absolute atomic E-state index is 13.0. The van der Waals surface area contributed by atoms with Gasteiger partial charge in [0.15, 0.2) is 9.84 Å². The van der Waals surface area contributed by atoms with Crippen LogP contribution < -0.4 is 4.90 Å². The van der Waals surface area contributed by atoms with Gasteiger partial charge in [0.25, 0.3) is 5.91 Å². The first-order chi connectivity index (χ1) is 11.8. The normalized spacial score (nSPS) is 26.5. The van der Waals surface area contributed by atoms with Gasteiger partial charge in [0.05, 0.1) is 30.2 Å². The fraction of sp³-hybridized carbons (Fsp3) is 0.588. The van der Waals surface area contributed by atoms with Gasteiger partial charge in [-0.15, -0.1) is 0 Å². The van der Waals surface area contributed by atoms with E-state index in [0.717, 1.165) is 5.69 Å². The number of rotatable bonds is 3. The number of aliphatic hydroxyl groups excluding tert-OH is 1. The van der Waals surface area contributed by atoms with E-state index in [4.69, 9.17) is 0 Å². The van der Waals surface area contributed by atoms with E-state index in [1.54, 1.807) is 17.0 Å². The fourth-order valence-electron chi connectivity index (χ4n) is 3.47. The van der Waals surface area contributed by atoms with E-state index in [0.29, 0.717) is 38.0 Å². The summed E-state index contributed by atoms with van der Waals surface area (Å²) >= 11 is 0. The molecular weight excluding hydrogens is 344 g/mol. The third kappa shape index (κ3) is 3.96. The van der Waals surface area contributed by atoms with E-state index < -0.39 is 15.4 Å². The van der Waals surface area contributed by atoms with Crippen LogP contribution in [0.1, 0.15) is 23.2 Å². The van der Waals surface area contributed by atoms with Gasteiger partial charge in [-0.1, -0.05) is 12.1 Å². The maximum Gasteiger partial charge on any atom is 0.256 e. The molecule has 1 amide bonds. The van der Waals surface area contributed by atoms with Crippen LogP contribution in [0.2, 0.25) is 0 Å². The lowest BCUT2D eigenvalue weighted by Crippen LogP contribution is -2.52. The third-order valence-corrected chi connectivity index (χ3v) is 6.57. The highest BCUT2D eigenvalue weighted by atomic mass is 32.2. The van der Waals surface area contributed by atoms with E-state index in [1.807, 2.05) is 17.0 Å². The Morgan fingerprint density at radius 3 is 2.52 bits per heavy atom. The first kappa shape index (κ1) is 18.2. The van der Waals surface area contributed by atoms with E-state index in [2.05, 4.69) is 0 Å². The number of likely N-dealkylation sites (tertiary alicyclic amines) is 1. The lowest BCUT2D eigenvalue weighted by Gasteiger charge is -2.39. The molecule has 0 unspecified atom stereocenters. The monoisotopic (exact) mass is 368 g/mol. The molecule has 0 spiro atoms. The smallest absolute Gasteiger partial charge is 0.256 e. The molecule has 0 saturated carbocycles. The number of nitrogens with zero attached hydrogens (tertiary/aromatic N) is 2. The molecule has 0 aromatic heterocycles. The van der Waals surface area contributed by atoms with E-state index in [-0.39, 0.29) is 30.6 Å². The average Bonchev–Trinajstić information content (AvgIpc) is 2.61. The van der Waals surface area contributed by atoms with Gasteiger partial charge in [0.2, 0.25) is 0 Å². The van der Waals surface area contributed by atoms with Crippen molar-refractivity contribution in [2.24, 2.45) is 0 Å². The molecule has 138 valence electrons. The van der Waals surface area contributed by atoms with Crippen molar-refractivity contribution in [3.05, 3.63) is 29.8 Å². The van der Waals surface area contributed by atoms with Crippen LogP contribution in [0.5, 0.6) is 0 Å². The number of hydrogen-bond acceptors (Lipinski definition) is 6. The van der Waals surface area contributed by atoms with Crippen molar-refractivity contribution < 1.29 is 23.4 Å². The molecule has 1 aromatic carbocycles. The summed E-state index contributed by atoms with van der Waals surface area (Å²) in [5, 5.41) is 19.7. The van der Waals surface area contributed by atoms with Crippen molar-refractivity contribution in [1.82, 2.24) is 4.90 Å². The predicted octanol–water partition coefficient (Wildman–Crippen LogP) is -0.119. The van der Waals surface area contributed by atoms with E-state index in [1.165, 1.54) is 0 Å². The first-order valence-electron chi connectivity index (χ1n) is 8.50. The molecule has 2 N–H and O–H groups in total. The van der Waals surface area contributed by atoms with Crippen LogP contribution in [0.4, 0.5) is 5.69 Å². The number of amides is 1. The first-order valence-corrected chi connectivity index (χ1v) is 10.3. The highest BCUT2D eigenvalue weighted by Gasteiger charge is 2.36. The van der Waals surface area contributed by atoms with Gasteiger partial charge in [-0.2, -0.15) is 0 Å². The molecule has 0 radical (unpaired) electrons. The Morgan fingerprint density at radius 1 is 1.16 bits per heavy atom. The van der Waals surface area contributed by atoms with Gasteiger partial charge in [-0.3, -0.25) is 4.79 Å². The summed E-state index contributed by atoms with van der Waals surface area (Å²) in [6.45, 7) is 0.998. The van der Waals surface area contributed by atoms with Crippen LogP contribution in [0.15, 0.2) is 24.3 Å². The van der Waals surface area contributed by atoms with Crippen LogP contribution >= 0.6 is 0 Å². The highest BCUT2D eigenvalue weighted by molar-refractivity contribution is 7.91. The van der Waals surface area contributed by atoms with Crippen LogP contribution in [-0.4, -0.2) is 79.3 Å². The van der Waals surface area contributed by atoms with Crippen molar-refractivity contribution in [2.75, 3.05) is 49.2 Å². The second-order valence-corrected chi connectivity index (χ2v) is 9.17. The summed E-state index contributed by atoms with van der Waals surface area (Å²) in [5.41, 5.74) is -0.0216. The molecule has 3 rings (SSSR count). The molecule has 1 aromatic rings. The Balaban J connectivity index is 1.82. The fourth-order valence-corrected chi connectivity index (χ4v) is 4.67. The minimum atomic E-state index is -2.99. The topological polar surface area (TPSA) is 98.2 Å². The summed E-state index contributed by atoms with van der Waals surface area (Å²) < 4.78 is 23.3. The molecule has 0 bridgehead atoms. The summed E-state index contributed by atoms with van der Waals surface area (Å²) in [4.78, 5) is 16.5. The molecule has 0 aliphatic carbocycles. The standard InChI is InChI=1S/C17H24N2O5S/c20-13-17(22)6-3-7-19(12-17)16(21)14-4-1-2-5-15(14)18-8-10-25(23,24)11-9-18/h1-2,4-5,20,22H,3,6-13H2/t17-/m1/s1. The van der Waals surface area contributed by atoms with Crippen LogP contribution in [0.3, 0.4) is 0 Å². The number of carbonyl (C=O) groups is 1. The largest absolute Gasteiger partial charge is 0.393 e. The van der Waals surface area contributed by atoms with Crippen LogP contribution in [0, 0.1) is 0 Å². The molecule has 7 nitrogen and oxygen atoms in total. The minimum absolute atomic E-state index is 0.0868. The van der Waals surface area contributed by atoms with Gasteiger partial charge >= 0.3 is 0 Å². The van der Waals surface area contributed by atoms with E-state index >= 15 is 0 Å². The molecule has 25 heavy (non-hydrogen) atoms. The summed E-state index contributed by atoms with van der Waals surface area (Å²) in [6.07, 6.45) is 1.10. The molecule has 2 fully saturated rings. The summed E-state index contributed by atoms with van der Waals surface area (Å²) in [7, 11) is -2.99. The number of hydrogen-bond donors (Lipinski definition) is 2. The minimum Gasteiger partial charge on any atom is -0.393 e. The van der Waals surface area contributed by atoms with Crippen molar-refractivity contribution >= 4 is 21.4 Å². The number of β-amino-alcohol motifs (C(OH)–C–C–N with tert-alkyl or cyclic N) is 1. The second-order valence-electron chi connectivity index (χ2n) is 6.87. The lowest BCUT2D eigenvalue weighted by atomic mass is 9.93. The number of benzene rings is 1. The average molecular weight is 368 g/mol. The zero-order chi connectivity index (χ0) is 18.1. The number of piperidine rings is 1. The molecule has 1 atom stereocenters. The van der Waals surface area contributed by atoms with E-state index in [9.17, 15) is 23.4 Å². The Kier molecular flexibility index (Phi) is 5.04. The Labute approximate surface area is 147 Å². The number of aliphatic hydroxyl groups is 2. The summed E-state index contributed by atoms with van der Waals surface area (Å²) in [5.74, 6) is -0.0249. The van der Waals surface area contributed by atoms with Gasteiger partial charge in [0.1, 0.15) is 5.60 Å². The van der Waals surface area contributed by atoms with Crippen LogP contribution in [-0.2, 0) is 9.84 Å². The number of carbonyl (C=O) groups excluding carboxylic acids is 1. The highest BCUT2D eigenvalue weighted by Crippen LogP contribution is 2.27. The third-order valence-electron chi connectivity index (χ3n) is 4.96. The molecule has 2 aliphatic heterocycles. The second kappa shape index (κ2) is 6.93. The Hall–Kier alpha value is -1.64. The lowest BCUT2D eigenvalue weighted by molar-refractivity contribution is -0.0598. The quantitative estimate of drug-likeness (QED) is 0.772. The van der Waals surface area contributed by atoms with Crippen molar-refractivity contribution in [3.63, 3.8) is 0 Å². The zero-order valence-electron chi connectivity index (χ0n) is 14.1. The Bertz CT molecular complexity index is 737. The number of sulfone groups is 1. The number of anilines is 1. The van der Waals surface area contributed by atoms with Gasteiger partial charge in [-0.05, 0) is 25.0 Å². The molecule has 2 heterocycles. The van der Waals surface area contributed by atoms with Gasteiger partial charge < -0.3 is 20.0 Å². The summed E-state index contributed by atoms with van der Waals surface area (Å²) in [6, 6.07) is 7.16. The van der Waals surface area contributed by atoms with Gasteiger partial charge in [-0.25, -0.2) is 8.42 Å². The maximum atomic E-state index is 13.0. The van der Waals surface area contributed by atoms with Crippen LogP contribution in [0.25, 0.3) is 0 Å².